The summed E-state index contributed by atoms with van der Waals surface area (Å²) in [6.45, 7) is -1.59. The number of fused-ring (bicyclic) bond motifs is 13. The highest BCUT2D eigenvalue weighted by Crippen LogP contribution is 2.64. The standard InChI is InChI=1S/C76H40F4O14S4/c77-53-25-41-21-47-48(22-42(41)26-54(53)78)62(82)51(61(47)81)29-45-31-57-65(95-45)67-59(75(93-57,71(85)89-33-37-13-5-1-6-14-37)72(86)90-34-38-15-7-2-8-16-38)69-70(97-67)60-68(98-69)66-58(32-46(96-66)30-52-63(83)49-23-43-27-55(79)56(80)28-44(43)24-50(49)64(52)84)94-76(60,73(87)91-35-39-17-9-3-10-18-39)74(88)92-36-40-19-11-4-12-20-40/h1-32H,33-36H2. The van der Waals surface area contributed by atoms with E-state index >= 15 is 19.2 Å². The number of carbonyl (C=O) groups excluding carboxylic acids is 8. The number of ketones is 4. The number of hydrogen-bond donors (Lipinski definition) is 0. The van der Waals surface area contributed by atoms with Gasteiger partial charge in [0.05, 0.1) is 51.2 Å². The molecule has 0 bridgehead atoms. The maximum absolute atomic E-state index is 15.9. The fourth-order valence-corrected chi connectivity index (χ4v) is 17.8. The van der Waals surface area contributed by atoms with Gasteiger partial charge >= 0.3 is 35.1 Å². The van der Waals surface area contributed by atoms with Crippen LogP contribution in [0.5, 0.6) is 11.5 Å². The minimum Gasteiger partial charge on any atom is -0.458 e. The molecule has 2 aliphatic carbocycles. The first-order chi connectivity index (χ1) is 47.4. The van der Waals surface area contributed by atoms with E-state index in [1.807, 2.05) is 0 Å². The third-order valence-corrected chi connectivity index (χ3v) is 22.2. The van der Waals surface area contributed by atoms with Crippen LogP contribution in [0, 0.1) is 23.3 Å². The largest absolute Gasteiger partial charge is 0.458 e. The highest BCUT2D eigenvalue weighted by molar-refractivity contribution is 7.34. The van der Waals surface area contributed by atoms with Crippen LogP contribution >= 0.6 is 45.3 Å². The summed E-state index contributed by atoms with van der Waals surface area (Å²) in [6, 6.07) is 46.0. The number of esters is 4. The maximum Gasteiger partial charge on any atom is 0.367 e. The molecule has 16 rings (SSSR count). The molecule has 8 aromatic carbocycles. The maximum atomic E-state index is 15.9. The molecular formula is C76H40F4O14S4. The lowest BCUT2D eigenvalue weighted by Gasteiger charge is -2.33. The van der Waals surface area contributed by atoms with E-state index in [1.54, 1.807) is 121 Å². The molecule has 0 amide bonds. The molecule has 0 N–H and O–H groups in total. The van der Waals surface area contributed by atoms with Crippen molar-refractivity contribution in [1.29, 1.82) is 0 Å². The number of hydrogen-bond acceptors (Lipinski definition) is 18. The van der Waals surface area contributed by atoms with Gasteiger partial charge in [0, 0.05) is 32.0 Å². The van der Waals surface area contributed by atoms with Gasteiger partial charge < -0.3 is 28.4 Å². The second-order valence-corrected chi connectivity index (χ2v) is 27.4. The summed E-state index contributed by atoms with van der Waals surface area (Å²) in [6.07, 6.45) is 2.60. The molecule has 14 nitrogen and oxygen atoms in total. The molecular weight excluding hydrogens is 1340 g/mol. The second-order valence-electron chi connectivity index (χ2n) is 23.2. The highest BCUT2D eigenvalue weighted by atomic mass is 32.1. The van der Waals surface area contributed by atoms with Gasteiger partial charge in [0.1, 0.15) is 37.9 Å². The molecule has 0 spiro atoms. The van der Waals surface area contributed by atoms with Gasteiger partial charge in [0.2, 0.25) is 0 Å². The fraction of sp³-hybridized carbons (Fsp3) is 0.0789. The van der Waals surface area contributed by atoms with Crippen LogP contribution in [0.25, 0.3) is 62.6 Å². The molecule has 0 atom stereocenters. The van der Waals surface area contributed by atoms with Crippen molar-refractivity contribution in [2.24, 2.45) is 0 Å². The van der Waals surface area contributed by atoms with Crippen molar-refractivity contribution in [3.63, 3.8) is 0 Å². The van der Waals surface area contributed by atoms with Crippen molar-refractivity contribution in [3.8, 4) is 31.0 Å². The average Bonchev–Trinajstić information content (AvgIpc) is 1.50. The van der Waals surface area contributed by atoms with Crippen LogP contribution in [0.2, 0.25) is 0 Å². The lowest BCUT2D eigenvalue weighted by Crippen LogP contribution is -2.52. The van der Waals surface area contributed by atoms with Crippen molar-refractivity contribution < 1.29 is 84.3 Å². The zero-order valence-corrected chi connectivity index (χ0v) is 53.4. The number of ether oxygens (including phenoxy) is 6. The Balaban J connectivity index is 0.917. The van der Waals surface area contributed by atoms with Gasteiger partial charge in [0.25, 0.3) is 0 Å². The molecule has 480 valence electrons. The monoisotopic (exact) mass is 1380 g/mol. The van der Waals surface area contributed by atoms with Crippen LogP contribution in [0.15, 0.2) is 193 Å². The van der Waals surface area contributed by atoms with Crippen LogP contribution in [0.3, 0.4) is 0 Å². The Hall–Kier alpha value is -11.3. The summed E-state index contributed by atoms with van der Waals surface area (Å²) in [5, 5.41) is 0.673. The fourth-order valence-electron chi connectivity index (χ4n) is 12.4. The predicted octanol–water partition coefficient (Wildman–Crippen LogP) is 16.4. The summed E-state index contributed by atoms with van der Waals surface area (Å²) in [5.41, 5.74) is -5.03. The Bertz CT molecular complexity index is 5000. The van der Waals surface area contributed by atoms with Gasteiger partial charge in [-0.25, -0.2) is 36.7 Å². The van der Waals surface area contributed by atoms with Crippen LogP contribution in [0.4, 0.5) is 17.6 Å². The summed E-state index contributed by atoms with van der Waals surface area (Å²) < 4.78 is 96.6. The summed E-state index contributed by atoms with van der Waals surface area (Å²) in [7, 11) is 0. The van der Waals surface area contributed by atoms with Gasteiger partial charge in [-0.2, -0.15) is 0 Å². The smallest absolute Gasteiger partial charge is 0.367 e. The Morgan fingerprint density at radius 2 is 0.622 bits per heavy atom. The molecule has 0 saturated carbocycles. The summed E-state index contributed by atoms with van der Waals surface area (Å²) >= 11 is 3.80. The molecule has 4 aliphatic rings. The van der Waals surface area contributed by atoms with Crippen molar-refractivity contribution in [2.75, 3.05) is 0 Å². The third kappa shape index (κ3) is 10.1. The number of allylic oxidation sites excluding steroid dienone is 2. The van der Waals surface area contributed by atoms with Crippen LogP contribution < -0.4 is 9.47 Å². The number of halogens is 4. The number of thiophene rings is 4. The van der Waals surface area contributed by atoms with Crippen molar-refractivity contribution in [2.45, 2.75) is 37.6 Å². The first-order valence-corrected chi connectivity index (χ1v) is 33.3. The van der Waals surface area contributed by atoms with E-state index in [0.717, 1.165) is 69.6 Å². The first kappa shape index (κ1) is 61.6. The first-order valence-electron chi connectivity index (χ1n) is 30.0. The van der Waals surface area contributed by atoms with E-state index in [-0.39, 0.29) is 116 Å². The average molecular weight is 1380 g/mol. The van der Waals surface area contributed by atoms with Gasteiger partial charge in [-0.3, -0.25) is 19.2 Å². The van der Waals surface area contributed by atoms with Gasteiger partial charge in [-0.05, 0) is 117 Å². The topological polar surface area (TPSA) is 192 Å². The van der Waals surface area contributed by atoms with E-state index in [1.165, 1.54) is 48.6 Å². The molecule has 2 aliphatic heterocycles. The Morgan fingerprint density at radius 3 is 0.888 bits per heavy atom. The molecule has 0 fully saturated rings. The Morgan fingerprint density at radius 1 is 0.357 bits per heavy atom. The molecule has 6 heterocycles. The van der Waals surface area contributed by atoms with Gasteiger partial charge in [0.15, 0.2) is 46.4 Å². The lowest BCUT2D eigenvalue weighted by molar-refractivity contribution is -0.184. The molecule has 0 saturated heterocycles. The van der Waals surface area contributed by atoms with Crippen LogP contribution in [-0.2, 0) is 75.8 Å². The third-order valence-electron chi connectivity index (χ3n) is 17.2. The molecule has 4 aromatic heterocycles. The minimum absolute atomic E-state index is 0.0605. The molecule has 0 radical (unpaired) electrons. The van der Waals surface area contributed by atoms with E-state index in [0.29, 0.717) is 22.3 Å². The lowest BCUT2D eigenvalue weighted by atomic mass is 9.88. The van der Waals surface area contributed by atoms with E-state index < -0.39 is 108 Å². The number of carbonyl (C=O) groups is 8. The number of benzene rings is 8. The Kier molecular flexibility index (Phi) is 15.0. The van der Waals surface area contributed by atoms with Crippen LogP contribution in [0.1, 0.15) is 84.6 Å². The predicted molar refractivity (Wildman–Crippen MR) is 357 cm³/mol. The quantitative estimate of drug-likeness (QED) is 0.0249. The molecule has 12 aromatic rings. The van der Waals surface area contributed by atoms with E-state index in [9.17, 15) is 36.7 Å². The minimum atomic E-state index is -2.93. The number of Topliss-reactive ketones (excluding diaryl/α,β-unsaturated/α-hetero) is 4. The summed E-state index contributed by atoms with van der Waals surface area (Å²) in [5.74, 6) is -12.9. The van der Waals surface area contributed by atoms with Crippen LogP contribution in [-0.4, -0.2) is 47.0 Å². The van der Waals surface area contributed by atoms with E-state index in [4.69, 9.17) is 28.4 Å². The van der Waals surface area contributed by atoms with Crippen molar-refractivity contribution in [1.82, 2.24) is 0 Å². The van der Waals surface area contributed by atoms with Gasteiger partial charge in [-0.15, -0.1) is 45.3 Å². The summed E-state index contributed by atoms with van der Waals surface area (Å²) in [4.78, 5) is 122. The van der Waals surface area contributed by atoms with E-state index in [2.05, 4.69) is 0 Å². The Labute approximate surface area is 566 Å². The van der Waals surface area contributed by atoms with Gasteiger partial charge in [-0.1, -0.05) is 121 Å². The van der Waals surface area contributed by atoms with Crippen molar-refractivity contribution >= 4 is 135 Å². The zero-order valence-electron chi connectivity index (χ0n) is 50.2. The highest BCUT2D eigenvalue weighted by Gasteiger charge is 2.64. The zero-order chi connectivity index (χ0) is 67.5. The molecule has 22 heteroatoms. The van der Waals surface area contributed by atoms with Crippen molar-refractivity contribution in [3.05, 3.63) is 282 Å². The normalized spacial score (nSPS) is 14.4. The number of rotatable bonds is 14. The molecule has 98 heavy (non-hydrogen) atoms. The molecule has 0 unspecified atom stereocenters. The second kappa shape index (κ2) is 23.8. The SMILES string of the molecule is O=C1C(=Cc2cc3c(s2)-c2sc4c5c(sc4c2C(C(=O)OCc2ccccc2)(C(=O)OCc2ccccc2)O3)-c2sc(C=C3C(=O)c4cc6cc(F)c(F)cc6cc4C3=O)cc2OC5(C(=O)OCc2ccccc2)C(=O)OCc2ccccc2)C(=O)c2cc3cc(F)c(F)cc3cc21.